The third-order valence-electron chi connectivity index (χ3n) is 5.64. The summed E-state index contributed by atoms with van der Waals surface area (Å²) >= 11 is 6.55. The maximum Gasteiger partial charge on any atom is 0.256 e. The molecule has 1 aromatic carbocycles. The highest BCUT2D eigenvalue weighted by atomic mass is 35.5. The van der Waals surface area contributed by atoms with Gasteiger partial charge in [0.1, 0.15) is 5.69 Å². The molecule has 1 fully saturated rings. The lowest BCUT2D eigenvalue weighted by Gasteiger charge is -2.31. The first-order valence-corrected chi connectivity index (χ1v) is 11.3. The van der Waals surface area contributed by atoms with Crippen molar-refractivity contribution in [2.24, 2.45) is 0 Å². The maximum absolute atomic E-state index is 13.6. The van der Waals surface area contributed by atoms with Gasteiger partial charge in [0.25, 0.3) is 5.91 Å². The molecule has 5 rings (SSSR count). The van der Waals surface area contributed by atoms with E-state index < -0.39 is 0 Å². The van der Waals surface area contributed by atoms with E-state index in [4.69, 9.17) is 25.7 Å². The van der Waals surface area contributed by atoms with Gasteiger partial charge in [0.2, 0.25) is 0 Å². The van der Waals surface area contributed by atoms with Gasteiger partial charge in [-0.05, 0) is 44.2 Å². The fourth-order valence-corrected chi connectivity index (χ4v) is 4.34. The van der Waals surface area contributed by atoms with Crippen molar-refractivity contribution in [3.63, 3.8) is 0 Å². The summed E-state index contributed by atoms with van der Waals surface area (Å²) in [5.41, 5.74) is 3.11. The van der Waals surface area contributed by atoms with Crippen LogP contribution in [0.25, 0.3) is 22.5 Å². The molecule has 0 radical (unpaired) electrons. The zero-order valence-electron chi connectivity index (χ0n) is 18.4. The second-order valence-electron chi connectivity index (χ2n) is 8.14. The van der Waals surface area contributed by atoms with Gasteiger partial charge in [0.05, 0.1) is 53.0 Å². The summed E-state index contributed by atoms with van der Waals surface area (Å²) in [6, 6.07) is 10.9. The molecule has 170 valence electrons. The average molecular weight is 466 g/mol. The molecule has 4 heterocycles. The standard InChI is InChI=1S/C24H24ClN5O3/c1-15(2)30-23-17(14-26-30)16(13-20(27-23)21-7-4-10-33-21)24(31)28-19-6-3-5-18(25)22(19)29-8-11-32-12-9-29/h3-7,10,13-15H,8-9,11-12H2,1-2H3,(H,28,31). The third kappa shape index (κ3) is 4.07. The summed E-state index contributed by atoms with van der Waals surface area (Å²) in [5, 5.41) is 8.79. The van der Waals surface area contributed by atoms with Crippen LogP contribution in [0.2, 0.25) is 5.02 Å². The number of nitrogens with zero attached hydrogens (tertiary/aromatic N) is 4. The van der Waals surface area contributed by atoms with Gasteiger partial charge in [0.15, 0.2) is 11.4 Å². The number of benzene rings is 1. The Balaban J connectivity index is 1.58. The van der Waals surface area contributed by atoms with E-state index in [2.05, 4.69) is 15.3 Å². The summed E-state index contributed by atoms with van der Waals surface area (Å²) in [6.45, 7) is 6.68. The molecule has 4 aromatic rings. The number of carbonyl (C=O) groups is 1. The van der Waals surface area contributed by atoms with Gasteiger partial charge in [-0.15, -0.1) is 0 Å². The Bertz CT molecular complexity index is 1290. The van der Waals surface area contributed by atoms with E-state index >= 15 is 0 Å². The van der Waals surface area contributed by atoms with Crippen molar-refractivity contribution < 1.29 is 13.9 Å². The van der Waals surface area contributed by atoms with Crippen LogP contribution in [0.15, 0.2) is 53.3 Å². The predicted molar refractivity (Wildman–Crippen MR) is 128 cm³/mol. The Morgan fingerprint density at radius 3 is 2.73 bits per heavy atom. The second kappa shape index (κ2) is 8.88. The summed E-state index contributed by atoms with van der Waals surface area (Å²) in [6.07, 6.45) is 3.27. The summed E-state index contributed by atoms with van der Waals surface area (Å²) in [4.78, 5) is 20.5. The van der Waals surface area contributed by atoms with E-state index in [9.17, 15) is 4.79 Å². The molecule has 0 aliphatic carbocycles. The molecule has 1 amide bonds. The Labute approximate surface area is 196 Å². The molecule has 0 spiro atoms. The molecule has 9 heteroatoms. The average Bonchev–Trinajstić information content (AvgIpc) is 3.49. The monoisotopic (exact) mass is 465 g/mol. The van der Waals surface area contributed by atoms with Crippen LogP contribution in [0.4, 0.5) is 11.4 Å². The van der Waals surface area contributed by atoms with Crippen molar-refractivity contribution >= 4 is 39.9 Å². The minimum atomic E-state index is -0.268. The van der Waals surface area contributed by atoms with Gasteiger partial charge < -0.3 is 19.4 Å². The topological polar surface area (TPSA) is 85.4 Å². The molecule has 0 saturated carbocycles. The largest absolute Gasteiger partial charge is 0.463 e. The van der Waals surface area contributed by atoms with E-state index in [1.807, 2.05) is 38.1 Å². The lowest BCUT2D eigenvalue weighted by Crippen LogP contribution is -2.37. The fourth-order valence-electron chi connectivity index (χ4n) is 4.05. The smallest absolute Gasteiger partial charge is 0.256 e. The number of para-hydroxylation sites is 1. The quantitative estimate of drug-likeness (QED) is 0.445. The number of ether oxygens (including phenoxy) is 1. The Morgan fingerprint density at radius 2 is 2.00 bits per heavy atom. The molecule has 3 aromatic heterocycles. The summed E-state index contributed by atoms with van der Waals surface area (Å²) in [7, 11) is 0. The molecule has 0 atom stereocenters. The van der Waals surface area contributed by atoms with Gasteiger partial charge in [-0.3, -0.25) is 4.79 Å². The van der Waals surface area contributed by atoms with E-state index in [-0.39, 0.29) is 11.9 Å². The molecule has 1 aliphatic heterocycles. The van der Waals surface area contributed by atoms with Crippen molar-refractivity contribution in [1.29, 1.82) is 0 Å². The first-order valence-electron chi connectivity index (χ1n) is 10.9. The van der Waals surface area contributed by atoms with Crippen LogP contribution < -0.4 is 10.2 Å². The molecule has 1 saturated heterocycles. The SMILES string of the molecule is CC(C)n1ncc2c(C(=O)Nc3cccc(Cl)c3N3CCOCC3)cc(-c3ccco3)nc21. The number of hydrogen-bond donors (Lipinski definition) is 1. The molecule has 1 aliphatic rings. The summed E-state index contributed by atoms with van der Waals surface area (Å²) < 4.78 is 12.8. The van der Waals surface area contributed by atoms with Crippen molar-refractivity contribution in [3.05, 3.63) is 59.4 Å². The maximum atomic E-state index is 13.6. The molecule has 0 unspecified atom stereocenters. The number of fused-ring (bicyclic) bond motifs is 1. The lowest BCUT2D eigenvalue weighted by molar-refractivity contribution is 0.102. The lowest BCUT2D eigenvalue weighted by atomic mass is 10.1. The van der Waals surface area contributed by atoms with Crippen molar-refractivity contribution in [3.8, 4) is 11.5 Å². The number of halogens is 1. The van der Waals surface area contributed by atoms with Crippen LogP contribution >= 0.6 is 11.6 Å². The normalized spacial score (nSPS) is 14.2. The molecule has 8 nitrogen and oxygen atoms in total. The van der Waals surface area contributed by atoms with Gasteiger partial charge in [-0.2, -0.15) is 5.10 Å². The number of aromatic nitrogens is 3. The number of pyridine rings is 1. The Kier molecular flexibility index (Phi) is 5.78. The van der Waals surface area contributed by atoms with Gasteiger partial charge in [-0.25, -0.2) is 9.67 Å². The van der Waals surface area contributed by atoms with E-state index in [0.717, 1.165) is 5.69 Å². The number of furan rings is 1. The number of nitrogens with one attached hydrogen (secondary N) is 1. The number of rotatable bonds is 5. The molecule has 1 N–H and O–H groups in total. The van der Waals surface area contributed by atoms with Gasteiger partial charge >= 0.3 is 0 Å². The highest BCUT2D eigenvalue weighted by molar-refractivity contribution is 6.34. The number of hydrogen-bond acceptors (Lipinski definition) is 6. The first-order chi connectivity index (χ1) is 16.0. The van der Waals surface area contributed by atoms with E-state index in [0.29, 0.717) is 65.1 Å². The zero-order valence-corrected chi connectivity index (χ0v) is 19.2. The fraction of sp³-hybridized carbons (Fsp3) is 0.292. The van der Waals surface area contributed by atoms with Crippen LogP contribution in [-0.4, -0.2) is 47.0 Å². The third-order valence-corrected chi connectivity index (χ3v) is 5.94. The minimum absolute atomic E-state index is 0.0821. The van der Waals surface area contributed by atoms with Crippen LogP contribution in [0.3, 0.4) is 0 Å². The van der Waals surface area contributed by atoms with Gasteiger partial charge in [-0.1, -0.05) is 17.7 Å². The molecular weight excluding hydrogens is 442 g/mol. The van der Waals surface area contributed by atoms with Crippen LogP contribution in [0.1, 0.15) is 30.2 Å². The van der Waals surface area contributed by atoms with Crippen molar-refractivity contribution in [2.45, 2.75) is 19.9 Å². The van der Waals surface area contributed by atoms with E-state index in [1.54, 1.807) is 29.3 Å². The van der Waals surface area contributed by atoms with Crippen LogP contribution in [0.5, 0.6) is 0 Å². The van der Waals surface area contributed by atoms with Crippen LogP contribution in [-0.2, 0) is 4.74 Å². The summed E-state index contributed by atoms with van der Waals surface area (Å²) in [5.74, 6) is 0.314. The van der Waals surface area contributed by atoms with Crippen molar-refractivity contribution in [2.75, 3.05) is 36.5 Å². The number of morpholine rings is 1. The molecular formula is C24H24ClN5O3. The second-order valence-corrected chi connectivity index (χ2v) is 8.55. The molecule has 0 bridgehead atoms. The van der Waals surface area contributed by atoms with E-state index in [1.165, 1.54) is 0 Å². The minimum Gasteiger partial charge on any atom is -0.463 e. The Morgan fingerprint density at radius 1 is 1.18 bits per heavy atom. The van der Waals surface area contributed by atoms with Gasteiger partial charge in [0, 0.05) is 19.1 Å². The number of carbonyl (C=O) groups excluding carboxylic acids is 1. The number of amides is 1. The number of anilines is 2. The highest BCUT2D eigenvalue weighted by Gasteiger charge is 2.23. The van der Waals surface area contributed by atoms with Crippen molar-refractivity contribution in [1.82, 2.24) is 14.8 Å². The predicted octanol–water partition coefficient (Wildman–Crippen LogP) is 5.01. The molecule has 33 heavy (non-hydrogen) atoms. The van der Waals surface area contributed by atoms with Crippen LogP contribution in [0, 0.1) is 0 Å². The first kappa shape index (κ1) is 21.5. The highest BCUT2D eigenvalue weighted by Crippen LogP contribution is 2.35. The zero-order chi connectivity index (χ0) is 22.9. The Hall–Kier alpha value is -3.36.